The first kappa shape index (κ1) is 11.0. The van der Waals surface area contributed by atoms with Gasteiger partial charge in [0.25, 0.3) is 0 Å². The molecule has 4 nitrogen and oxygen atoms in total. The predicted molar refractivity (Wildman–Crippen MR) is 57.0 cm³/mol. The zero-order valence-corrected chi connectivity index (χ0v) is 9.37. The predicted octanol–water partition coefficient (Wildman–Crippen LogP) is 1.80. The summed E-state index contributed by atoms with van der Waals surface area (Å²) in [6.45, 7) is 6.68. The average Bonchev–Trinajstić information content (AvgIpc) is 2.39. The van der Waals surface area contributed by atoms with Crippen molar-refractivity contribution < 1.29 is 4.74 Å². The lowest BCUT2D eigenvalue weighted by atomic mass is 10.1. The summed E-state index contributed by atoms with van der Waals surface area (Å²) < 4.78 is 7.43. The second-order valence-corrected chi connectivity index (χ2v) is 3.36. The molecule has 0 bridgehead atoms. The van der Waals surface area contributed by atoms with E-state index in [2.05, 4.69) is 12.0 Å². The molecule has 1 aromatic heterocycles. The quantitative estimate of drug-likeness (QED) is 0.800. The molecule has 0 aliphatic carbocycles. The molecule has 2 N–H and O–H groups in total. The van der Waals surface area contributed by atoms with Crippen LogP contribution in [0.3, 0.4) is 0 Å². The van der Waals surface area contributed by atoms with Gasteiger partial charge in [0.2, 0.25) is 0 Å². The standard InChI is InChI=1S/C10H19N3O/c1-5-8(14-6-2)10-9(11)7(3)12-13(10)4/h8H,5-6,11H2,1-4H3. The van der Waals surface area contributed by atoms with Crippen molar-refractivity contribution in [3.05, 3.63) is 11.4 Å². The molecule has 14 heavy (non-hydrogen) atoms. The highest BCUT2D eigenvalue weighted by Crippen LogP contribution is 2.27. The molecule has 1 atom stereocenters. The second kappa shape index (κ2) is 4.46. The van der Waals surface area contributed by atoms with Crippen molar-refractivity contribution in [1.29, 1.82) is 0 Å². The molecule has 0 amide bonds. The smallest absolute Gasteiger partial charge is 0.101 e. The normalized spacial score (nSPS) is 13.1. The van der Waals surface area contributed by atoms with Crippen LogP contribution in [0.25, 0.3) is 0 Å². The highest BCUT2D eigenvalue weighted by atomic mass is 16.5. The largest absolute Gasteiger partial charge is 0.396 e. The lowest BCUT2D eigenvalue weighted by Crippen LogP contribution is -2.10. The number of nitrogens with zero attached hydrogens (tertiary/aromatic N) is 2. The highest BCUT2D eigenvalue weighted by molar-refractivity contribution is 5.48. The van der Waals surface area contributed by atoms with E-state index in [0.29, 0.717) is 6.61 Å². The zero-order chi connectivity index (χ0) is 10.7. The number of rotatable bonds is 4. The number of nitrogens with two attached hydrogens (primary N) is 1. The molecule has 0 saturated carbocycles. The summed E-state index contributed by atoms with van der Waals surface area (Å²) in [6, 6.07) is 0. The maximum Gasteiger partial charge on any atom is 0.101 e. The number of aryl methyl sites for hydroxylation is 2. The van der Waals surface area contributed by atoms with E-state index in [1.54, 1.807) is 0 Å². The lowest BCUT2D eigenvalue weighted by molar-refractivity contribution is 0.0546. The summed E-state index contributed by atoms with van der Waals surface area (Å²) in [6.07, 6.45) is 0.975. The maximum absolute atomic E-state index is 5.95. The minimum absolute atomic E-state index is 0.0613. The fraction of sp³-hybridized carbons (Fsp3) is 0.700. The van der Waals surface area contributed by atoms with Gasteiger partial charge in [-0.1, -0.05) is 6.92 Å². The molecule has 0 aromatic carbocycles. The molecule has 0 radical (unpaired) electrons. The van der Waals surface area contributed by atoms with Crippen LogP contribution in [-0.2, 0) is 11.8 Å². The van der Waals surface area contributed by atoms with Gasteiger partial charge >= 0.3 is 0 Å². The van der Waals surface area contributed by atoms with Crippen LogP contribution in [0.4, 0.5) is 5.69 Å². The Kier molecular flexibility index (Phi) is 3.52. The van der Waals surface area contributed by atoms with Crippen molar-refractivity contribution in [2.45, 2.75) is 33.3 Å². The fourth-order valence-electron chi connectivity index (χ4n) is 1.67. The molecular weight excluding hydrogens is 178 g/mol. The molecule has 0 fully saturated rings. The molecule has 1 aromatic rings. The van der Waals surface area contributed by atoms with Gasteiger partial charge in [0.1, 0.15) is 6.10 Å². The minimum atomic E-state index is 0.0613. The van der Waals surface area contributed by atoms with Gasteiger partial charge in [0.05, 0.1) is 17.1 Å². The van der Waals surface area contributed by atoms with Crippen molar-refractivity contribution in [2.24, 2.45) is 7.05 Å². The zero-order valence-electron chi connectivity index (χ0n) is 9.37. The number of hydrogen-bond acceptors (Lipinski definition) is 3. The van der Waals surface area contributed by atoms with Gasteiger partial charge in [-0.3, -0.25) is 4.68 Å². The molecule has 0 aliphatic heterocycles. The Morgan fingerprint density at radius 1 is 1.50 bits per heavy atom. The van der Waals surface area contributed by atoms with Gasteiger partial charge in [-0.15, -0.1) is 0 Å². The van der Waals surface area contributed by atoms with Crippen LogP contribution >= 0.6 is 0 Å². The van der Waals surface area contributed by atoms with Gasteiger partial charge in [0.15, 0.2) is 0 Å². The van der Waals surface area contributed by atoms with E-state index in [9.17, 15) is 0 Å². The first-order valence-electron chi connectivity index (χ1n) is 5.02. The Hall–Kier alpha value is -1.03. The lowest BCUT2D eigenvalue weighted by Gasteiger charge is -2.16. The van der Waals surface area contributed by atoms with Crippen molar-refractivity contribution in [3.8, 4) is 0 Å². The number of nitrogen functional groups attached to an aromatic ring is 1. The fourth-order valence-corrected chi connectivity index (χ4v) is 1.67. The monoisotopic (exact) mass is 197 g/mol. The van der Waals surface area contributed by atoms with Gasteiger partial charge < -0.3 is 10.5 Å². The summed E-state index contributed by atoms with van der Waals surface area (Å²) in [7, 11) is 1.90. The SMILES string of the molecule is CCOC(CC)c1c(N)c(C)nn1C. The Morgan fingerprint density at radius 3 is 2.50 bits per heavy atom. The molecule has 0 aliphatic rings. The van der Waals surface area contributed by atoms with Gasteiger partial charge in [-0.2, -0.15) is 5.10 Å². The van der Waals surface area contributed by atoms with Crippen LogP contribution in [-0.4, -0.2) is 16.4 Å². The third kappa shape index (κ3) is 1.90. The first-order chi connectivity index (χ1) is 6.61. The number of hydrogen-bond donors (Lipinski definition) is 1. The molecule has 1 heterocycles. The number of ether oxygens (including phenoxy) is 1. The maximum atomic E-state index is 5.95. The van der Waals surface area contributed by atoms with Crippen molar-refractivity contribution in [1.82, 2.24) is 9.78 Å². The first-order valence-corrected chi connectivity index (χ1v) is 5.02. The van der Waals surface area contributed by atoms with Gasteiger partial charge in [0, 0.05) is 13.7 Å². The Balaban J connectivity index is 3.02. The van der Waals surface area contributed by atoms with Crippen molar-refractivity contribution in [2.75, 3.05) is 12.3 Å². The Bertz CT molecular complexity index is 307. The highest BCUT2D eigenvalue weighted by Gasteiger charge is 2.19. The topological polar surface area (TPSA) is 53.1 Å². The van der Waals surface area contributed by atoms with E-state index in [1.165, 1.54) is 0 Å². The van der Waals surface area contributed by atoms with Crippen LogP contribution in [0.1, 0.15) is 37.8 Å². The van der Waals surface area contributed by atoms with E-state index in [0.717, 1.165) is 23.5 Å². The Morgan fingerprint density at radius 2 is 2.14 bits per heavy atom. The third-order valence-electron chi connectivity index (χ3n) is 2.36. The van der Waals surface area contributed by atoms with Gasteiger partial charge in [-0.05, 0) is 20.3 Å². The van der Waals surface area contributed by atoms with Crippen LogP contribution in [0.5, 0.6) is 0 Å². The van der Waals surface area contributed by atoms with Crippen LogP contribution in [0, 0.1) is 6.92 Å². The number of anilines is 1. The molecule has 0 spiro atoms. The van der Waals surface area contributed by atoms with Gasteiger partial charge in [-0.25, -0.2) is 0 Å². The minimum Gasteiger partial charge on any atom is -0.396 e. The molecule has 80 valence electrons. The summed E-state index contributed by atoms with van der Waals surface area (Å²) in [5.74, 6) is 0. The van der Waals surface area contributed by atoms with E-state index < -0.39 is 0 Å². The molecule has 1 unspecified atom stereocenters. The number of aromatic nitrogens is 2. The average molecular weight is 197 g/mol. The molecule has 4 heteroatoms. The van der Waals surface area contributed by atoms with Crippen molar-refractivity contribution in [3.63, 3.8) is 0 Å². The van der Waals surface area contributed by atoms with E-state index in [1.807, 2.05) is 25.6 Å². The van der Waals surface area contributed by atoms with E-state index >= 15 is 0 Å². The summed E-state index contributed by atoms with van der Waals surface area (Å²) in [5, 5.41) is 4.27. The van der Waals surface area contributed by atoms with Crippen LogP contribution in [0.15, 0.2) is 0 Å². The Labute approximate surface area is 85.0 Å². The summed E-state index contributed by atoms with van der Waals surface area (Å²) in [5.41, 5.74) is 8.57. The van der Waals surface area contributed by atoms with E-state index in [4.69, 9.17) is 10.5 Å². The molecule has 1 rings (SSSR count). The van der Waals surface area contributed by atoms with Crippen LogP contribution < -0.4 is 5.73 Å². The van der Waals surface area contributed by atoms with E-state index in [-0.39, 0.29) is 6.10 Å². The second-order valence-electron chi connectivity index (χ2n) is 3.36. The third-order valence-corrected chi connectivity index (χ3v) is 2.36. The molecule has 0 saturated heterocycles. The summed E-state index contributed by atoms with van der Waals surface area (Å²) in [4.78, 5) is 0. The molecular formula is C10H19N3O. The summed E-state index contributed by atoms with van der Waals surface area (Å²) >= 11 is 0. The van der Waals surface area contributed by atoms with Crippen molar-refractivity contribution >= 4 is 5.69 Å². The van der Waals surface area contributed by atoms with Crippen LogP contribution in [0.2, 0.25) is 0 Å².